The summed E-state index contributed by atoms with van der Waals surface area (Å²) in [5.74, 6) is 0.267. The van der Waals surface area contributed by atoms with Gasteiger partial charge in [0.25, 0.3) is 0 Å². The zero-order chi connectivity index (χ0) is 19.6. The second kappa shape index (κ2) is 6.39. The van der Waals surface area contributed by atoms with Gasteiger partial charge in [-0.1, -0.05) is 32.4 Å². The average Bonchev–Trinajstić information content (AvgIpc) is 3.06. The predicted octanol–water partition coefficient (Wildman–Crippen LogP) is 4.79. The maximum absolute atomic E-state index is 7.04. The minimum atomic E-state index is -1.84. The van der Waals surface area contributed by atoms with E-state index in [0.29, 0.717) is 22.9 Å². The summed E-state index contributed by atoms with van der Waals surface area (Å²) >= 11 is 13.2. The Balaban J connectivity index is 1.58. The van der Waals surface area contributed by atoms with Crippen molar-refractivity contribution in [1.82, 2.24) is 19.5 Å². The summed E-state index contributed by atoms with van der Waals surface area (Å²) in [5.41, 5.74) is 1.22. The summed E-state index contributed by atoms with van der Waals surface area (Å²) in [6.45, 7) is 11.8. The molecule has 148 valence electrons. The summed E-state index contributed by atoms with van der Waals surface area (Å²) in [6.07, 6.45) is 4.74. The molecule has 4 atom stereocenters. The van der Waals surface area contributed by atoms with Crippen LogP contribution in [0.25, 0.3) is 11.2 Å². The molecule has 0 amide bonds. The summed E-state index contributed by atoms with van der Waals surface area (Å²) in [6, 6.07) is 0. The van der Waals surface area contributed by atoms with E-state index in [1.54, 1.807) is 6.33 Å². The number of ether oxygens (including phenoxy) is 1. The van der Waals surface area contributed by atoms with Gasteiger partial charge in [0.2, 0.25) is 0 Å². The Bertz CT molecular complexity index is 869. The van der Waals surface area contributed by atoms with E-state index in [0.717, 1.165) is 12.8 Å². The number of alkyl halides is 1. The molecule has 4 rings (SSSR count). The minimum Gasteiger partial charge on any atom is -0.414 e. The molecular formula is C18H26Cl2N4O2Si. The number of fused-ring (bicyclic) bond motifs is 2. The lowest BCUT2D eigenvalue weighted by Crippen LogP contribution is -2.48. The first kappa shape index (κ1) is 19.6. The highest BCUT2D eigenvalue weighted by Gasteiger charge is 2.62. The number of imidazole rings is 1. The maximum Gasteiger partial charge on any atom is 0.192 e. The van der Waals surface area contributed by atoms with Gasteiger partial charge in [0.15, 0.2) is 25.3 Å². The second-order valence-corrected chi connectivity index (χ2v) is 15.0. The first-order valence-corrected chi connectivity index (χ1v) is 13.0. The molecule has 2 aliphatic rings. The van der Waals surface area contributed by atoms with Gasteiger partial charge in [-0.15, -0.1) is 11.6 Å². The molecule has 1 aliphatic heterocycles. The molecule has 0 radical (unpaired) electrons. The third kappa shape index (κ3) is 3.02. The van der Waals surface area contributed by atoms with Crippen LogP contribution in [0.1, 0.15) is 39.8 Å². The fourth-order valence-electron chi connectivity index (χ4n) is 3.72. The van der Waals surface area contributed by atoms with Crippen molar-refractivity contribution >= 4 is 42.7 Å². The SMILES string of the molecule is CC(C)(C)[Si](C)(C)OC[C@H]1O[C@@H](n2cnc3c(Cl)ncnc32)[C@]2(Cl)CC[C@H]12. The zero-order valence-corrected chi connectivity index (χ0v) is 18.9. The molecule has 9 heteroatoms. The van der Waals surface area contributed by atoms with E-state index < -0.39 is 13.2 Å². The Labute approximate surface area is 170 Å². The molecule has 1 aliphatic carbocycles. The number of hydrogen-bond acceptors (Lipinski definition) is 5. The lowest BCUT2D eigenvalue weighted by molar-refractivity contribution is -0.0257. The van der Waals surface area contributed by atoms with Crippen LogP contribution >= 0.6 is 23.2 Å². The van der Waals surface area contributed by atoms with E-state index in [2.05, 4.69) is 48.8 Å². The van der Waals surface area contributed by atoms with Crippen LogP contribution in [0.3, 0.4) is 0 Å². The van der Waals surface area contributed by atoms with Crippen LogP contribution in [-0.2, 0) is 9.16 Å². The van der Waals surface area contributed by atoms with Gasteiger partial charge in [-0.25, -0.2) is 15.0 Å². The average molecular weight is 429 g/mol. The van der Waals surface area contributed by atoms with Crippen molar-refractivity contribution in [3.8, 4) is 0 Å². The summed E-state index contributed by atoms with van der Waals surface area (Å²) in [7, 11) is -1.84. The van der Waals surface area contributed by atoms with Crippen molar-refractivity contribution in [3.63, 3.8) is 0 Å². The maximum atomic E-state index is 7.04. The van der Waals surface area contributed by atoms with Gasteiger partial charge in [-0.05, 0) is 31.0 Å². The minimum absolute atomic E-state index is 0.0230. The Kier molecular flexibility index (Phi) is 4.63. The summed E-state index contributed by atoms with van der Waals surface area (Å²) < 4.78 is 14.8. The van der Waals surface area contributed by atoms with E-state index in [1.807, 2.05) is 4.57 Å². The Hall–Kier alpha value is -0.733. The molecule has 27 heavy (non-hydrogen) atoms. The number of hydrogen-bond donors (Lipinski definition) is 0. The van der Waals surface area contributed by atoms with Crippen LogP contribution < -0.4 is 0 Å². The van der Waals surface area contributed by atoms with E-state index in [1.165, 1.54) is 6.33 Å². The standard InChI is InChI=1S/C18H26Cl2N4O2Si/c1-17(2,3)27(4,5)25-8-12-11-6-7-18(11,20)16(26-12)24-10-23-13-14(19)21-9-22-15(13)24/h9-12,16H,6-8H2,1-5H3/t11-,12-,16-,18+/m1/s1. The van der Waals surface area contributed by atoms with Crippen LogP contribution in [0.2, 0.25) is 23.3 Å². The van der Waals surface area contributed by atoms with Gasteiger partial charge in [-0.3, -0.25) is 4.57 Å². The first-order chi connectivity index (χ1) is 12.5. The third-order valence-electron chi connectivity index (χ3n) is 6.60. The number of rotatable bonds is 4. The number of nitrogens with zero attached hydrogens (tertiary/aromatic N) is 4. The van der Waals surface area contributed by atoms with E-state index in [-0.39, 0.29) is 23.3 Å². The van der Waals surface area contributed by atoms with Gasteiger partial charge < -0.3 is 9.16 Å². The normalized spacial score (nSPS) is 31.1. The molecule has 1 saturated heterocycles. The van der Waals surface area contributed by atoms with Crippen molar-refractivity contribution in [2.24, 2.45) is 5.92 Å². The molecule has 0 spiro atoms. The molecule has 1 saturated carbocycles. The van der Waals surface area contributed by atoms with Crippen LogP contribution in [0.15, 0.2) is 12.7 Å². The number of aromatic nitrogens is 4. The zero-order valence-electron chi connectivity index (χ0n) is 16.4. The molecule has 0 bridgehead atoms. The molecule has 0 aromatic carbocycles. The van der Waals surface area contributed by atoms with Gasteiger partial charge in [0.1, 0.15) is 11.8 Å². The molecule has 6 nitrogen and oxygen atoms in total. The topological polar surface area (TPSA) is 62.1 Å². The fraction of sp³-hybridized carbons (Fsp3) is 0.722. The van der Waals surface area contributed by atoms with Crippen LogP contribution in [0.4, 0.5) is 0 Å². The van der Waals surface area contributed by atoms with E-state index >= 15 is 0 Å². The highest BCUT2D eigenvalue weighted by atomic mass is 35.5. The third-order valence-corrected chi connectivity index (χ3v) is 12.0. The highest BCUT2D eigenvalue weighted by Crippen LogP contribution is 2.59. The van der Waals surface area contributed by atoms with Gasteiger partial charge >= 0.3 is 0 Å². The van der Waals surface area contributed by atoms with Crippen LogP contribution in [-0.4, -0.2) is 45.4 Å². The molecule has 3 heterocycles. The Morgan fingerprint density at radius 3 is 2.70 bits per heavy atom. The molecule has 2 aromatic heterocycles. The molecule has 2 fully saturated rings. The molecule has 0 unspecified atom stereocenters. The van der Waals surface area contributed by atoms with Crippen molar-refractivity contribution in [3.05, 3.63) is 17.8 Å². The Morgan fingerprint density at radius 2 is 2.07 bits per heavy atom. The van der Waals surface area contributed by atoms with Crippen molar-refractivity contribution in [1.29, 1.82) is 0 Å². The monoisotopic (exact) mass is 428 g/mol. The van der Waals surface area contributed by atoms with Crippen molar-refractivity contribution < 1.29 is 9.16 Å². The quantitative estimate of drug-likeness (QED) is 0.397. The summed E-state index contributed by atoms with van der Waals surface area (Å²) in [4.78, 5) is 12.3. The van der Waals surface area contributed by atoms with Crippen molar-refractivity contribution in [2.75, 3.05) is 6.61 Å². The molecule has 0 N–H and O–H groups in total. The van der Waals surface area contributed by atoms with E-state index in [4.69, 9.17) is 32.4 Å². The largest absolute Gasteiger partial charge is 0.414 e. The van der Waals surface area contributed by atoms with E-state index in [9.17, 15) is 0 Å². The van der Waals surface area contributed by atoms with Crippen LogP contribution in [0.5, 0.6) is 0 Å². The van der Waals surface area contributed by atoms with Gasteiger partial charge in [-0.2, -0.15) is 0 Å². The van der Waals surface area contributed by atoms with Crippen molar-refractivity contribution in [2.45, 2.75) is 69.0 Å². The predicted molar refractivity (Wildman–Crippen MR) is 109 cm³/mol. The first-order valence-electron chi connectivity index (χ1n) is 9.36. The summed E-state index contributed by atoms with van der Waals surface area (Å²) in [5, 5.41) is 0.500. The van der Waals surface area contributed by atoms with Crippen LogP contribution in [0, 0.1) is 5.92 Å². The lowest BCUT2D eigenvalue weighted by Gasteiger charge is -2.43. The fourth-order valence-corrected chi connectivity index (χ4v) is 5.42. The Morgan fingerprint density at radius 1 is 1.33 bits per heavy atom. The smallest absolute Gasteiger partial charge is 0.192 e. The van der Waals surface area contributed by atoms with Gasteiger partial charge in [0, 0.05) is 5.92 Å². The molecule has 2 aromatic rings. The highest BCUT2D eigenvalue weighted by molar-refractivity contribution is 6.74. The second-order valence-electron chi connectivity index (χ2n) is 9.16. The van der Waals surface area contributed by atoms with Gasteiger partial charge in [0.05, 0.1) is 23.9 Å². The lowest BCUT2D eigenvalue weighted by atomic mass is 9.71. The number of halogens is 2. The molecular weight excluding hydrogens is 403 g/mol.